The fourth-order valence-corrected chi connectivity index (χ4v) is 1.62. The first-order chi connectivity index (χ1) is 7.63. The van der Waals surface area contributed by atoms with E-state index in [9.17, 15) is 9.59 Å². The topological polar surface area (TPSA) is 58.6 Å². The van der Waals surface area contributed by atoms with E-state index in [1.54, 1.807) is 12.0 Å². The summed E-state index contributed by atoms with van der Waals surface area (Å²) < 4.78 is 5.08. The molecule has 1 aliphatic rings. The first-order valence-electron chi connectivity index (χ1n) is 5.70. The SMILES string of the molecule is COC(C)CCC(=O)N1CCCNC(=O)C1. The number of carbonyl (C=O) groups is 2. The third-order valence-electron chi connectivity index (χ3n) is 2.78. The van der Waals surface area contributed by atoms with Crippen LogP contribution in [0.15, 0.2) is 0 Å². The minimum absolute atomic E-state index is 0.0425. The Kier molecular flexibility index (Phi) is 5.25. The summed E-state index contributed by atoms with van der Waals surface area (Å²) in [5, 5.41) is 2.75. The Balaban J connectivity index is 2.36. The van der Waals surface area contributed by atoms with Gasteiger partial charge in [-0.05, 0) is 19.8 Å². The summed E-state index contributed by atoms with van der Waals surface area (Å²) in [5.74, 6) is -0.0217. The molecule has 2 amide bonds. The second kappa shape index (κ2) is 6.48. The zero-order chi connectivity index (χ0) is 12.0. The van der Waals surface area contributed by atoms with Gasteiger partial charge in [0.25, 0.3) is 0 Å². The second-order valence-electron chi connectivity index (χ2n) is 4.10. The van der Waals surface area contributed by atoms with E-state index >= 15 is 0 Å². The van der Waals surface area contributed by atoms with Crippen LogP contribution in [0, 0.1) is 0 Å². The summed E-state index contributed by atoms with van der Waals surface area (Å²) in [4.78, 5) is 24.7. The van der Waals surface area contributed by atoms with Crippen molar-refractivity contribution in [2.24, 2.45) is 0 Å². The molecule has 1 heterocycles. The molecule has 1 fully saturated rings. The molecule has 0 radical (unpaired) electrons. The summed E-state index contributed by atoms with van der Waals surface area (Å²) >= 11 is 0. The summed E-state index contributed by atoms with van der Waals surface area (Å²) in [6.07, 6.45) is 2.07. The Labute approximate surface area is 96.1 Å². The summed E-state index contributed by atoms with van der Waals surface area (Å²) in [7, 11) is 1.63. The number of hydrogen-bond acceptors (Lipinski definition) is 3. The zero-order valence-electron chi connectivity index (χ0n) is 9.99. The number of carbonyl (C=O) groups excluding carboxylic acids is 2. The Morgan fingerprint density at radius 2 is 2.38 bits per heavy atom. The Morgan fingerprint density at radius 3 is 3.06 bits per heavy atom. The van der Waals surface area contributed by atoms with Crippen molar-refractivity contribution in [2.75, 3.05) is 26.7 Å². The highest BCUT2D eigenvalue weighted by Gasteiger charge is 2.19. The molecule has 1 unspecified atom stereocenters. The molecule has 0 aliphatic carbocycles. The fourth-order valence-electron chi connectivity index (χ4n) is 1.62. The maximum absolute atomic E-state index is 11.8. The predicted octanol–water partition coefficient (Wildman–Crippen LogP) is 0.150. The van der Waals surface area contributed by atoms with Gasteiger partial charge in [0.05, 0.1) is 12.6 Å². The molecule has 0 bridgehead atoms. The molecule has 1 saturated heterocycles. The number of methoxy groups -OCH3 is 1. The molecule has 0 aromatic heterocycles. The summed E-state index contributed by atoms with van der Waals surface area (Å²) in [6.45, 7) is 3.46. The van der Waals surface area contributed by atoms with Gasteiger partial charge in [0.2, 0.25) is 11.8 Å². The van der Waals surface area contributed by atoms with Crippen LogP contribution in [0.2, 0.25) is 0 Å². The van der Waals surface area contributed by atoms with Crippen LogP contribution < -0.4 is 5.32 Å². The molecular formula is C11H20N2O3. The Hall–Kier alpha value is -1.10. The van der Waals surface area contributed by atoms with Gasteiger partial charge in [0.1, 0.15) is 0 Å². The molecule has 5 nitrogen and oxygen atoms in total. The highest BCUT2D eigenvalue weighted by atomic mass is 16.5. The van der Waals surface area contributed by atoms with Crippen LogP contribution in [0.25, 0.3) is 0 Å². The minimum atomic E-state index is -0.0642. The van der Waals surface area contributed by atoms with E-state index in [4.69, 9.17) is 4.74 Å². The van der Waals surface area contributed by atoms with Crippen molar-refractivity contribution in [3.8, 4) is 0 Å². The summed E-state index contributed by atoms with van der Waals surface area (Å²) in [5.41, 5.74) is 0. The van der Waals surface area contributed by atoms with E-state index in [-0.39, 0.29) is 24.5 Å². The summed E-state index contributed by atoms with van der Waals surface area (Å²) in [6, 6.07) is 0. The molecule has 0 aromatic carbocycles. The van der Waals surface area contributed by atoms with Gasteiger partial charge in [-0.25, -0.2) is 0 Å². The van der Waals surface area contributed by atoms with E-state index in [0.29, 0.717) is 25.9 Å². The molecule has 16 heavy (non-hydrogen) atoms. The molecule has 1 rings (SSSR count). The zero-order valence-corrected chi connectivity index (χ0v) is 9.99. The van der Waals surface area contributed by atoms with Crippen molar-refractivity contribution in [2.45, 2.75) is 32.3 Å². The molecule has 0 aromatic rings. The third-order valence-corrected chi connectivity index (χ3v) is 2.78. The van der Waals surface area contributed by atoms with Crippen LogP contribution in [0.3, 0.4) is 0 Å². The van der Waals surface area contributed by atoms with Gasteiger partial charge < -0.3 is 15.0 Å². The lowest BCUT2D eigenvalue weighted by Gasteiger charge is -2.19. The van der Waals surface area contributed by atoms with Crippen LogP contribution in [0.5, 0.6) is 0 Å². The lowest BCUT2D eigenvalue weighted by Crippen LogP contribution is -2.37. The van der Waals surface area contributed by atoms with Gasteiger partial charge in [-0.15, -0.1) is 0 Å². The van der Waals surface area contributed by atoms with E-state index in [0.717, 1.165) is 6.42 Å². The van der Waals surface area contributed by atoms with E-state index in [1.807, 2.05) is 6.92 Å². The molecule has 1 aliphatic heterocycles. The first-order valence-corrected chi connectivity index (χ1v) is 5.70. The Bertz CT molecular complexity index is 256. The fraction of sp³-hybridized carbons (Fsp3) is 0.818. The quantitative estimate of drug-likeness (QED) is 0.745. The van der Waals surface area contributed by atoms with Crippen LogP contribution in [0.1, 0.15) is 26.2 Å². The number of ether oxygens (including phenoxy) is 1. The molecule has 0 spiro atoms. The average Bonchev–Trinajstić information content (AvgIpc) is 2.50. The second-order valence-corrected chi connectivity index (χ2v) is 4.10. The first kappa shape index (κ1) is 13.0. The highest BCUT2D eigenvalue weighted by Crippen LogP contribution is 2.05. The van der Waals surface area contributed by atoms with Crippen molar-refractivity contribution >= 4 is 11.8 Å². The molecule has 5 heteroatoms. The van der Waals surface area contributed by atoms with Crippen LogP contribution >= 0.6 is 0 Å². The normalized spacial score (nSPS) is 18.9. The van der Waals surface area contributed by atoms with Crippen molar-refractivity contribution in [3.05, 3.63) is 0 Å². The largest absolute Gasteiger partial charge is 0.382 e. The smallest absolute Gasteiger partial charge is 0.239 e. The lowest BCUT2D eigenvalue weighted by atomic mass is 10.2. The van der Waals surface area contributed by atoms with Gasteiger partial charge in [0, 0.05) is 26.6 Å². The average molecular weight is 228 g/mol. The van der Waals surface area contributed by atoms with Gasteiger partial charge in [-0.1, -0.05) is 0 Å². The number of amides is 2. The van der Waals surface area contributed by atoms with E-state index < -0.39 is 0 Å². The molecule has 1 N–H and O–H groups in total. The van der Waals surface area contributed by atoms with E-state index in [1.165, 1.54) is 0 Å². The lowest BCUT2D eigenvalue weighted by molar-refractivity contribution is -0.135. The van der Waals surface area contributed by atoms with Crippen molar-refractivity contribution < 1.29 is 14.3 Å². The van der Waals surface area contributed by atoms with Crippen LogP contribution in [-0.2, 0) is 14.3 Å². The minimum Gasteiger partial charge on any atom is -0.382 e. The number of nitrogens with zero attached hydrogens (tertiary/aromatic N) is 1. The predicted molar refractivity (Wildman–Crippen MR) is 59.9 cm³/mol. The molecule has 0 saturated carbocycles. The number of nitrogens with one attached hydrogen (secondary N) is 1. The maximum atomic E-state index is 11.8. The number of hydrogen-bond donors (Lipinski definition) is 1. The Morgan fingerprint density at radius 1 is 1.62 bits per heavy atom. The number of rotatable bonds is 4. The molecule has 1 atom stereocenters. The van der Waals surface area contributed by atoms with Gasteiger partial charge in [0.15, 0.2) is 0 Å². The highest BCUT2D eigenvalue weighted by molar-refractivity contribution is 5.85. The van der Waals surface area contributed by atoms with Crippen LogP contribution in [-0.4, -0.2) is 49.6 Å². The molecule has 92 valence electrons. The van der Waals surface area contributed by atoms with Gasteiger partial charge in [-0.3, -0.25) is 9.59 Å². The van der Waals surface area contributed by atoms with E-state index in [2.05, 4.69) is 5.32 Å². The van der Waals surface area contributed by atoms with Gasteiger partial charge in [-0.2, -0.15) is 0 Å². The van der Waals surface area contributed by atoms with Gasteiger partial charge >= 0.3 is 0 Å². The van der Waals surface area contributed by atoms with Crippen LogP contribution in [0.4, 0.5) is 0 Å². The monoisotopic (exact) mass is 228 g/mol. The van der Waals surface area contributed by atoms with Crippen molar-refractivity contribution in [1.82, 2.24) is 10.2 Å². The van der Waals surface area contributed by atoms with Crippen molar-refractivity contribution in [1.29, 1.82) is 0 Å². The maximum Gasteiger partial charge on any atom is 0.239 e. The third kappa shape index (κ3) is 4.18. The standard InChI is InChI=1S/C11H20N2O3/c1-9(16-2)4-5-11(15)13-7-3-6-12-10(14)8-13/h9H,3-8H2,1-2H3,(H,12,14). The molecular weight excluding hydrogens is 208 g/mol. The van der Waals surface area contributed by atoms with Crippen molar-refractivity contribution in [3.63, 3.8) is 0 Å².